The van der Waals surface area contributed by atoms with Crippen LogP contribution in [0.5, 0.6) is 0 Å². The van der Waals surface area contributed by atoms with Crippen molar-refractivity contribution in [1.82, 2.24) is 5.32 Å². The van der Waals surface area contributed by atoms with Gasteiger partial charge in [-0.3, -0.25) is 0 Å². The molecule has 0 saturated heterocycles. The number of dihydropyridines is 1. The van der Waals surface area contributed by atoms with E-state index in [4.69, 9.17) is 15.2 Å². The third-order valence-corrected chi connectivity index (χ3v) is 7.45. The van der Waals surface area contributed by atoms with Gasteiger partial charge in [-0.25, -0.2) is 0 Å². The van der Waals surface area contributed by atoms with Crippen LogP contribution >= 0.6 is 11.8 Å². The molecule has 6 nitrogen and oxygen atoms in total. The van der Waals surface area contributed by atoms with Gasteiger partial charge in [-0.15, -0.1) is 0 Å². The Labute approximate surface area is 182 Å². The summed E-state index contributed by atoms with van der Waals surface area (Å²) >= 11 is 1.82. The molecule has 3 N–H and O–H groups in total. The molecule has 0 bridgehead atoms. The maximum absolute atomic E-state index is 13.1. The van der Waals surface area contributed by atoms with Gasteiger partial charge in [0.1, 0.15) is 0 Å². The van der Waals surface area contributed by atoms with E-state index < -0.39 is 17.9 Å². The third-order valence-electron chi connectivity index (χ3n) is 4.50. The number of carbonyl (C=O) groups excluding carboxylic acids is 2. The van der Waals surface area contributed by atoms with Crippen molar-refractivity contribution in [2.75, 3.05) is 26.5 Å². The zero-order valence-corrected chi connectivity index (χ0v) is 19.8. The Morgan fingerprint density at radius 2 is 1.97 bits per heavy atom. The second-order valence-corrected chi connectivity index (χ2v) is 9.45. The molecule has 8 heteroatoms. The first-order valence-corrected chi connectivity index (χ1v) is 13.0. The molecule has 1 heterocycles. The number of esters is 2. The molecule has 0 spiro atoms. The molecule has 158 valence electrons. The quantitative estimate of drug-likeness (QED) is 0.242. The number of carbonyl (C=O) groups is 2. The first kappa shape index (κ1) is 23.5. The number of methoxy groups -OCH3 is 1. The van der Waals surface area contributed by atoms with E-state index >= 15 is 0 Å². The number of benzene rings is 1. The Morgan fingerprint density at radius 1 is 1.24 bits per heavy atom. The number of ether oxygens (including phenoxy) is 2. The minimum atomic E-state index is -0.546. The first-order valence-electron chi connectivity index (χ1n) is 9.37. The molecule has 0 saturated carbocycles. The Bertz CT molecular complexity index is 823. The van der Waals surface area contributed by atoms with Crippen molar-refractivity contribution in [2.24, 2.45) is 5.73 Å². The number of nitrogens with two attached hydrogens (primary N) is 1. The Balaban J connectivity index is 2.71. The molecule has 1 aliphatic rings. The minimum absolute atomic E-state index is 0.238. The molecular weight excluding hydrogens is 455 g/mol. The molecule has 0 aromatic heterocycles. The van der Waals surface area contributed by atoms with Gasteiger partial charge >= 0.3 is 183 Å². The SMILES string of the molecule is CCOC(=O)C1=C(C[Se]CCN)NC(C)=C(C(=O)OC)C1c1ccccc1SC. The molecule has 0 radical (unpaired) electrons. The van der Waals surface area contributed by atoms with Crippen LogP contribution in [0.25, 0.3) is 0 Å². The van der Waals surface area contributed by atoms with Crippen LogP contribution in [0.3, 0.4) is 0 Å². The summed E-state index contributed by atoms with van der Waals surface area (Å²) in [5, 5.41) is 4.91. The molecule has 1 unspecified atom stereocenters. The summed E-state index contributed by atoms with van der Waals surface area (Å²) in [6.07, 6.45) is 1.98. The summed E-state index contributed by atoms with van der Waals surface area (Å²) in [6.45, 7) is 4.50. The zero-order chi connectivity index (χ0) is 21.4. The van der Waals surface area contributed by atoms with Crippen LogP contribution in [-0.4, -0.2) is 53.4 Å². The number of allylic oxidation sites excluding steroid dienone is 2. The van der Waals surface area contributed by atoms with Crippen LogP contribution in [0.1, 0.15) is 25.3 Å². The fraction of sp³-hybridized carbons (Fsp3) is 0.429. The van der Waals surface area contributed by atoms with Crippen LogP contribution in [-0.2, 0) is 19.1 Å². The number of nitrogens with one attached hydrogen (secondary N) is 1. The van der Waals surface area contributed by atoms with Gasteiger partial charge < -0.3 is 0 Å². The summed E-state index contributed by atoms with van der Waals surface area (Å²) in [5.74, 6) is -1.41. The molecule has 0 aliphatic carbocycles. The van der Waals surface area contributed by atoms with Gasteiger partial charge in [-0.2, -0.15) is 0 Å². The van der Waals surface area contributed by atoms with Gasteiger partial charge in [0.15, 0.2) is 0 Å². The van der Waals surface area contributed by atoms with Gasteiger partial charge in [0.2, 0.25) is 0 Å². The van der Waals surface area contributed by atoms with Gasteiger partial charge in [-0.05, 0) is 0 Å². The summed E-state index contributed by atoms with van der Waals surface area (Å²) in [6, 6.07) is 7.82. The average Bonchev–Trinajstić information content (AvgIpc) is 2.73. The van der Waals surface area contributed by atoms with Crippen LogP contribution < -0.4 is 11.1 Å². The summed E-state index contributed by atoms with van der Waals surface area (Å²) < 4.78 is 10.5. The van der Waals surface area contributed by atoms with Gasteiger partial charge in [-0.1, -0.05) is 0 Å². The molecular formula is C21H28N2O4SSe. The number of rotatable bonds is 9. The van der Waals surface area contributed by atoms with E-state index in [0.717, 1.165) is 21.5 Å². The second kappa shape index (κ2) is 11.5. The van der Waals surface area contributed by atoms with E-state index in [0.29, 0.717) is 28.7 Å². The van der Waals surface area contributed by atoms with Crippen LogP contribution in [0.2, 0.25) is 10.6 Å². The Morgan fingerprint density at radius 3 is 2.59 bits per heavy atom. The van der Waals surface area contributed by atoms with Crippen molar-refractivity contribution in [3.8, 4) is 0 Å². The maximum atomic E-state index is 13.1. The molecule has 2 rings (SSSR count). The molecule has 1 aliphatic heterocycles. The molecule has 29 heavy (non-hydrogen) atoms. The van der Waals surface area contributed by atoms with E-state index in [-0.39, 0.29) is 21.6 Å². The number of thioether (sulfide) groups is 1. The summed E-state index contributed by atoms with van der Waals surface area (Å²) in [7, 11) is 1.35. The molecule has 1 aromatic rings. The molecule has 0 amide bonds. The van der Waals surface area contributed by atoms with Crippen molar-refractivity contribution < 1.29 is 19.1 Å². The number of hydrogen-bond acceptors (Lipinski definition) is 7. The van der Waals surface area contributed by atoms with Gasteiger partial charge in [0, 0.05) is 0 Å². The monoisotopic (exact) mass is 484 g/mol. The molecule has 1 atom stereocenters. The summed E-state index contributed by atoms with van der Waals surface area (Å²) in [4.78, 5) is 26.8. The predicted octanol–water partition coefficient (Wildman–Crippen LogP) is 2.86. The van der Waals surface area contributed by atoms with E-state index in [9.17, 15) is 9.59 Å². The topological polar surface area (TPSA) is 90.6 Å². The van der Waals surface area contributed by atoms with Crippen LogP contribution in [0, 0.1) is 0 Å². The van der Waals surface area contributed by atoms with Crippen molar-refractivity contribution in [2.45, 2.75) is 35.3 Å². The average molecular weight is 483 g/mol. The third kappa shape index (κ3) is 5.45. The van der Waals surface area contributed by atoms with Crippen molar-refractivity contribution in [3.63, 3.8) is 0 Å². The fourth-order valence-corrected chi connectivity index (χ4v) is 5.51. The normalized spacial score (nSPS) is 16.5. The van der Waals surface area contributed by atoms with Crippen molar-refractivity contribution in [3.05, 3.63) is 52.4 Å². The van der Waals surface area contributed by atoms with E-state index in [2.05, 4.69) is 5.32 Å². The van der Waals surface area contributed by atoms with Crippen LogP contribution in [0.15, 0.2) is 51.7 Å². The van der Waals surface area contributed by atoms with E-state index in [1.54, 1.807) is 18.7 Å². The van der Waals surface area contributed by atoms with Gasteiger partial charge in [0.05, 0.1) is 0 Å². The van der Waals surface area contributed by atoms with E-state index in [1.807, 2.05) is 37.4 Å². The predicted molar refractivity (Wildman–Crippen MR) is 117 cm³/mol. The number of hydrogen-bond donors (Lipinski definition) is 2. The Hall–Kier alpha value is -1.73. The van der Waals surface area contributed by atoms with Crippen molar-refractivity contribution in [1.29, 1.82) is 0 Å². The van der Waals surface area contributed by atoms with Crippen molar-refractivity contribution >= 4 is 38.7 Å². The Kier molecular flexibility index (Phi) is 9.30. The first-order chi connectivity index (χ1) is 14.0. The molecule has 0 fully saturated rings. The van der Waals surface area contributed by atoms with E-state index in [1.165, 1.54) is 7.11 Å². The fourth-order valence-electron chi connectivity index (χ4n) is 3.31. The molecule has 1 aromatic carbocycles. The second-order valence-electron chi connectivity index (χ2n) is 6.28. The standard InChI is InChI=1S/C21H28N2O4SSe/c1-5-27-21(25)19-15(12-29-11-10-22)23-13(2)17(20(24)26-3)18(19)14-8-6-7-9-16(14)28-4/h6-9,18,23H,5,10-12,22H2,1-4H3. The zero-order valence-electron chi connectivity index (χ0n) is 17.2. The van der Waals surface area contributed by atoms with Crippen LogP contribution in [0.4, 0.5) is 0 Å². The van der Waals surface area contributed by atoms with Gasteiger partial charge in [0.25, 0.3) is 0 Å². The summed E-state index contributed by atoms with van der Waals surface area (Å²) in [5.41, 5.74) is 8.99.